The molecule has 0 spiro atoms. The molecule has 0 N–H and O–H groups in total. The van der Waals surface area contributed by atoms with E-state index in [1.807, 2.05) is 36.4 Å². The fraction of sp³-hybridized carbons (Fsp3) is 0. The van der Waals surface area contributed by atoms with Crippen molar-refractivity contribution in [1.82, 2.24) is 0 Å². The van der Waals surface area contributed by atoms with Gasteiger partial charge in [0, 0.05) is 0 Å². The fourth-order valence-corrected chi connectivity index (χ4v) is 1.58. The quantitative estimate of drug-likeness (QED) is 0.517. The second kappa shape index (κ2) is 12.3. The molecule has 0 radical (unpaired) electrons. The molecule has 0 fully saturated rings. The van der Waals surface area contributed by atoms with Crippen molar-refractivity contribution in [2.24, 2.45) is 0 Å². The molecule has 2 aromatic rings. The van der Waals surface area contributed by atoms with Gasteiger partial charge in [0.15, 0.2) is 0 Å². The molecule has 0 aromatic heterocycles. The van der Waals surface area contributed by atoms with Gasteiger partial charge in [-0.1, -0.05) is 61.7 Å². The minimum atomic E-state index is -1.93. The summed E-state index contributed by atoms with van der Waals surface area (Å²) < 4.78 is 0. The zero-order chi connectivity index (χ0) is 10.7. The third-order valence-corrected chi connectivity index (χ3v) is 2.30. The van der Waals surface area contributed by atoms with Crippen LogP contribution in [-0.2, 0) is 0 Å². The number of benzene rings is 2. The Kier molecular flexibility index (Phi) is 15.9. The Morgan fingerprint density at radius 1 is 0.684 bits per heavy atom. The molecule has 0 saturated heterocycles. The predicted molar refractivity (Wildman–Crippen MR) is 68.8 cm³/mol. The molecule has 0 unspecified atom stereocenters. The van der Waals surface area contributed by atoms with Crippen molar-refractivity contribution in [3.63, 3.8) is 0 Å². The molecule has 90 valence electrons. The van der Waals surface area contributed by atoms with Gasteiger partial charge in [-0.3, -0.25) is 0 Å². The Hall–Kier alpha value is 0.537. The largest absolute Gasteiger partial charge is 2.00 e. The zero-order valence-corrected chi connectivity index (χ0v) is 14.6. The van der Waals surface area contributed by atoms with E-state index in [1.54, 1.807) is 18.2 Å². The summed E-state index contributed by atoms with van der Waals surface area (Å²) in [5, 5.41) is 21.9. The molecule has 0 saturated carbocycles. The van der Waals surface area contributed by atoms with Crippen molar-refractivity contribution in [3.05, 3.63) is 54.6 Å². The van der Waals surface area contributed by atoms with Gasteiger partial charge in [-0.25, -0.2) is 0 Å². The third kappa shape index (κ3) is 6.69. The first-order valence-electron chi connectivity index (χ1n) is 4.75. The van der Waals surface area contributed by atoms with Gasteiger partial charge in [-0.15, -0.1) is 5.46 Å². The number of hydrogen-bond acceptors (Lipinski definition) is 2. The molecule has 19 heavy (non-hydrogen) atoms. The molecular weight excluding hydrogens is 306 g/mol. The smallest absolute Gasteiger partial charge is 1.00 e. The van der Waals surface area contributed by atoms with Crippen LogP contribution in [0.2, 0.25) is 0 Å². The molecule has 0 heterocycles. The van der Waals surface area contributed by atoms with Crippen LogP contribution in [0.5, 0.6) is 0 Å². The standard InChI is InChI=1S/C12H9BO2.2ClH.2Mg/c14-13(15)12-9-5-4-8-11(12)10-6-2-1-3-7-10;;;;/h1-9H;2*1H;;/q-2;;;2*+2/p-2. The first-order valence-corrected chi connectivity index (χ1v) is 4.75. The van der Waals surface area contributed by atoms with Crippen LogP contribution in [0.1, 0.15) is 0 Å². The summed E-state index contributed by atoms with van der Waals surface area (Å²) in [6.07, 6.45) is 0. The Morgan fingerprint density at radius 3 is 1.68 bits per heavy atom. The van der Waals surface area contributed by atoms with E-state index in [-0.39, 0.29) is 70.9 Å². The van der Waals surface area contributed by atoms with Gasteiger partial charge in [0.2, 0.25) is 0 Å². The van der Waals surface area contributed by atoms with Gasteiger partial charge < -0.3 is 34.9 Å². The molecule has 0 aliphatic rings. The van der Waals surface area contributed by atoms with Gasteiger partial charge in [0.25, 0.3) is 0 Å². The van der Waals surface area contributed by atoms with E-state index in [9.17, 15) is 10.0 Å². The van der Waals surface area contributed by atoms with E-state index in [4.69, 9.17) is 0 Å². The van der Waals surface area contributed by atoms with Crippen LogP contribution in [0.25, 0.3) is 11.1 Å². The van der Waals surface area contributed by atoms with Crippen LogP contribution >= 0.6 is 0 Å². The van der Waals surface area contributed by atoms with Crippen molar-refractivity contribution in [1.29, 1.82) is 0 Å². The van der Waals surface area contributed by atoms with Crippen molar-refractivity contribution >= 4 is 58.7 Å². The molecule has 7 heteroatoms. The van der Waals surface area contributed by atoms with Crippen LogP contribution in [0.15, 0.2) is 54.6 Å². The van der Waals surface area contributed by atoms with Crippen LogP contribution in [0, 0.1) is 0 Å². The van der Waals surface area contributed by atoms with Gasteiger partial charge in [0.05, 0.1) is 0 Å². The van der Waals surface area contributed by atoms with Crippen molar-refractivity contribution in [3.8, 4) is 11.1 Å². The predicted octanol–water partition coefficient (Wildman–Crippen LogP) is -6.98. The van der Waals surface area contributed by atoms with Crippen LogP contribution in [0.4, 0.5) is 0 Å². The summed E-state index contributed by atoms with van der Waals surface area (Å²) >= 11 is 0. The number of halogens is 2. The zero-order valence-electron chi connectivity index (χ0n) is 10.3. The monoisotopic (exact) mass is 314 g/mol. The molecule has 0 amide bonds. The van der Waals surface area contributed by atoms with Crippen molar-refractivity contribution < 1.29 is 34.9 Å². The molecule has 2 nitrogen and oxygen atoms in total. The third-order valence-electron chi connectivity index (χ3n) is 2.30. The normalized spacial score (nSPS) is 7.89. The maximum Gasteiger partial charge on any atom is 2.00 e. The van der Waals surface area contributed by atoms with Crippen molar-refractivity contribution in [2.45, 2.75) is 0 Å². The van der Waals surface area contributed by atoms with Crippen molar-refractivity contribution in [2.75, 3.05) is 0 Å². The second-order valence-corrected chi connectivity index (χ2v) is 3.29. The second-order valence-electron chi connectivity index (χ2n) is 3.29. The average Bonchev–Trinajstić information content (AvgIpc) is 2.30. The Balaban J connectivity index is -0.000000640. The molecular formula is C12H9BCl2Mg2O2. The molecule has 0 bridgehead atoms. The minimum Gasteiger partial charge on any atom is -1.00 e. The Morgan fingerprint density at radius 2 is 1.16 bits per heavy atom. The van der Waals surface area contributed by atoms with E-state index in [1.165, 1.54) is 0 Å². The first-order chi connectivity index (χ1) is 7.29. The number of hydrogen-bond donors (Lipinski definition) is 0. The van der Waals surface area contributed by atoms with Crippen LogP contribution in [-0.4, -0.2) is 53.2 Å². The molecule has 0 atom stereocenters. The van der Waals surface area contributed by atoms with E-state index >= 15 is 0 Å². The first kappa shape index (κ1) is 24.5. The van der Waals surface area contributed by atoms with E-state index in [2.05, 4.69) is 0 Å². The Bertz CT molecular complexity index is 458. The van der Waals surface area contributed by atoms with Gasteiger partial charge in [0.1, 0.15) is 0 Å². The summed E-state index contributed by atoms with van der Waals surface area (Å²) in [6, 6.07) is 16.4. The van der Waals surface area contributed by atoms with Gasteiger partial charge in [-0.2, -0.15) is 0 Å². The van der Waals surface area contributed by atoms with Gasteiger partial charge >= 0.3 is 46.1 Å². The topological polar surface area (TPSA) is 46.1 Å². The molecule has 0 aliphatic carbocycles. The SMILES string of the molecule is [Cl-].[Cl-].[Mg+2].[Mg+2].[O-]B([O-])c1ccccc1-c1ccccc1. The maximum absolute atomic E-state index is 11.0. The summed E-state index contributed by atoms with van der Waals surface area (Å²) in [4.78, 5) is 0. The molecule has 2 aromatic carbocycles. The van der Waals surface area contributed by atoms with E-state index in [0.29, 0.717) is 5.46 Å². The summed E-state index contributed by atoms with van der Waals surface area (Å²) in [7, 11) is -1.93. The summed E-state index contributed by atoms with van der Waals surface area (Å²) in [5.41, 5.74) is 1.95. The summed E-state index contributed by atoms with van der Waals surface area (Å²) in [6.45, 7) is 0. The average molecular weight is 316 g/mol. The van der Waals surface area contributed by atoms with E-state index in [0.717, 1.165) is 11.1 Å². The minimum absolute atomic E-state index is 0. The molecule has 2 rings (SSSR count). The summed E-state index contributed by atoms with van der Waals surface area (Å²) in [5.74, 6) is 0. The molecule has 0 aliphatic heterocycles. The number of rotatable bonds is 2. The van der Waals surface area contributed by atoms with Crippen LogP contribution in [0.3, 0.4) is 0 Å². The maximum atomic E-state index is 11.0. The Labute approximate surface area is 158 Å². The van der Waals surface area contributed by atoms with Gasteiger partial charge in [-0.05, 0) is 11.1 Å². The van der Waals surface area contributed by atoms with E-state index < -0.39 is 7.12 Å². The fourth-order valence-electron chi connectivity index (χ4n) is 1.58. The van der Waals surface area contributed by atoms with Crippen LogP contribution < -0.4 is 40.3 Å².